The summed E-state index contributed by atoms with van der Waals surface area (Å²) in [5, 5.41) is 7.22. The van der Waals surface area contributed by atoms with E-state index in [4.69, 9.17) is 22.2 Å². The van der Waals surface area contributed by atoms with Gasteiger partial charge in [-0.15, -0.1) is 0 Å². The second-order valence-electron chi connectivity index (χ2n) is 9.90. The lowest BCUT2D eigenvalue weighted by molar-refractivity contribution is 0.639. The normalized spacial score (nSPS) is 18.1. The van der Waals surface area contributed by atoms with E-state index in [0.717, 1.165) is 64.0 Å². The lowest BCUT2D eigenvalue weighted by atomic mass is 10.2. The van der Waals surface area contributed by atoms with Crippen LogP contribution in [-0.4, -0.2) is 73.5 Å². The minimum Gasteiger partial charge on any atom is -0.368 e. The van der Waals surface area contributed by atoms with Gasteiger partial charge in [0.05, 0.1) is 0 Å². The fourth-order valence-electron chi connectivity index (χ4n) is 5.02. The molecule has 8 nitrogen and oxygen atoms in total. The number of rotatable bonds is 6. The summed E-state index contributed by atoms with van der Waals surface area (Å²) in [6, 6.07) is 23.9. The molecular weight excluding hydrogens is 480 g/mol. The monoisotopic (exact) mass is 514 g/mol. The van der Waals surface area contributed by atoms with Crippen LogP contribution >= 0.6 is 12.2 Å². The van der Waals surface area contributed by atoms with Gasteiger partial charge in [-0.05, 0) is 49.3 Å². The zero-order valence-corrected chi connectivity index (χ0v) is 21.9. The van der Waals surface area contributed by atoms with Crippen LogP contribution < -0.4 is 30.2 Å². The summed E-state index contributed by atoms with van der Waals surface area (Å²) in [5.74, 6) is 2.49. The molecule has 192 valence electrons. The van der Waals surface area contributed by atoms with Crippen LogP contribution in [0.1, 0.15) is 12.8 Å². The molecule has 6 rings (SSSR count). The Labute approximate surface area is 224 Å². The highest BCUT2D eigenvalue weighted by atomic mass is 32.1. The molecule has 2 aliphatic heterocycles. The van der Waals surface area contributed by atoms with Gasteiger partial charge in [-0.3, -0.25) is 0 Å². The Morgan fingerprint density at radius 1 is 0.649 bits per heavy atom. The van der Waals surface area contributed by atoms with Crippen LogP contribution in [0.2, 0.25) is 0 Å². The van der Waals surface area contributed by atoms with Crippen molar-refractivity contribution in [3.63, 3.8) is 0 Å². The molecule has 0 unspecified atom stereocenters. The highest BCUT2D eigenvalue weighted by Gasteiger charge is 2.25. The average molecular weight is 515 g/mol. The maximum Gasteiger partial charge on any atom is 0.232 e. The van der Waals surface area contributed by atoms with Gasteiger partial charge in [0.15, 0.2) is 5.11 Å². The molecule has 0 bridgehead atoms. The maximum absolute atomic E-state index is 5.55. The Morgan fingerprint density at radius 2 is 1.08 bits per heavy atom. The number of nitrogens with one attached hydrogen (secondary N) is 2. The second kappa shape index (κ2) is 10.8. The van der Waals surface area contributed by atoms with E-state index in [0.29, 0.717) is 17.1 Å². The van der Waals surface area contributed by atoms with Crippen molar-refractivity contribution in [2.24, 2.45) is 0 Å². The van der Waals surface area contributed by atoms with Gasteiger partial charge in [0.1, 0.15) is 11.6 Å². The first-order valence-corrected chi connectivity index (χ1v) is 13.7. The number of hydrogen-bond donors (Lipinski definition) is 2. The van der Waals surface area contributed by atoms with Gasteiger partial charge in [-0.25, -0.2) is 0 Å². The molecule has 0 amide bonds. The van der Waals surface area contributed by atoms with Crippen LogP contribution in [0.15, 0.2) is 66.7 Å². The third-order valence-electron chi connectivity index (χ3n) is 7.29. The molecule has 37 heavy (non-hydrogen) atoms. The summed E-state index contributed by atoms with van der Waals surface area (Å²) in [6.07, 6.45) is 2.34. The smallest absolute Gasteiger partial charge is 0.232 e. The largest absolute Gasteiger partial charge is 0.368 e. The molecular formula is C28H34N8S. The van der Waals surface area contributed by atoms with Crippen LogP contribution in [-0.2, 0) is 0 Å². The number of thiocarbonyl (C=S) groups is 1. The first-order chi connectivity index (χ1) is 18.2. The zero-order chi connectivity index (χ0) is 25.0. The summed E-state index contributed by atoms with van der Waals surface area (Å²) in [4.78, 5) is 19.4. The van der Waals surface area contributed by atoms with E-state index in [1.54, 1.807) is 0 Å². The Hall–Kier alpha value is -3.59. The Kier molecular flexibility index (Phi) is 6.94. The molecule has 1 saturated carbocycles. The number of para-hydroxylation sites is 2. The second-order valence-corrected chi connectivity index (χ2v) is 10.3. The number of benzene rings is 2. The molecule has 9 heteroatoms. The predicted octanol–water partition coefficient (Wildman–Crippen LogP) is 3.58. The molecule has 3 aliphatic rings. The molecule has 0 spiro atoms. The molecule has 3 heterocycles. The van der Waals surface area contributed by atoms with Crippen molar-refractivity contribution in [2.75, 3.05) is 77.3 Å². The van der Waals surface area contributed by atoms with Crippen molar-refractivity contribution >= 4 is 46.3 Å². The number of hydrogen-bond acceptors (Lipinski definition) is 7. The lowest BCUT2D eigenvalue weighted by Crippen LogP contribution is -2.48. The Bertz CT molecular complexity index is 1110. The standard InChI is InChI=1S/C28H34N8S/c37-28(29-22-11-12-22)32-27-30-25(35-17-13-33(14-18-35)23-7-3-1-4-8-23)21-26(31-27)36-19-15-34(16-20-36)24-9-5-2-6-10-24/h1-10,21-22H,11-20H2,(H2,29,30,31,32,37). The molecule has 2 saturated heterocycles. The quantitative estimate of drug-likeness (QED) is 0.481. The molecule has 1 aliphatic carbocycles. The Balaban J connectivity index is 1.18. The number of nitrogens with zero attached hydrogens (tertiary/aromatic N) is 6. The van der Waals surface area contributed by atoms with Crippen LogP contribution in [0.3, 0.4) is 0 Å². The third-order valence-corrected chi connectivity index (χ3v) is 7.51. The summed E-state index contributed by atoms with van der Waals surface area (Å²) < 4.78 is 0. The van der Waals surface area contributed by atoms with Crippen molar-refractivity contribution < 1.29 is 0 Å². The number of piperazine rings is 2. The number of anilines is 5. The van der Waals surface area contributed by atoms with E-state index in [-0.39, 0.29) is 0 Å². The molecule has 3 fully saturated rings. The highest BCUT2D eigenvalue weighted by molar-refractivity contribution is 7.80. The molecule has 0 atom stereocenters. The third kappa shape index (κ3) is 5.88. The molecule has 1 aromatic heterocycles. The maximum atomic E-state index is 5.55. The van der Waals surface area contributed by atoms with E-state index in [2.05, 4.69) is 97.0 Å². The minimum atomic E-state index is 0.486. The van der Waals surface area contributed by atoms with Gasteiger partial charge in [-0.2, -0.15) is 9.97 Å². The molecule has 2 N–H and O–H groups in total. The van der Waals surface area contributed by atoms with E-state index in [1.165, 1.54) is 24.2 Å². The van der Waals surface area contributed by atoms with Crippen molar-refractivity contribution in [2.45, 2.75) is 18.9 Å². The van der Waals surface area contributed by atoms with E-state index >= 15 is 0 Å². The molecule has 2 aromatic carbocycles. The van der Waals surface area contributed by atoms with Crippen molar-refractivity contribution in [1.29, 1.82) is 0 Å². The van der Waals surface area contributed by atoms with Crippen LogP contribution in [0.4, 0.5) is 29.0 Å². The summed E-state index contributed by atoms with van der Waals surface area (Å²) in [5.41, 5.74) is 2.56. The molecule has 0 radical (unpaired) electrons. The highest BCUT2D eigenvalue weighted by Crippen LogP contribution is 2.26. The zero-order valence-electron chi connectivity index (χ0n) is 21.1. The van der Waals surface area contributed by atoms with Gasteiger partial charge < -0.3 is 30.2 Å². The summed E-state index contributed by atoms with van der Waals surface area (Å²) in [7, 11) is 0. The van der Waals surface area contributed by atoms with Gasteiger partial charge in [0.25, 0.3) is 0 Å². The van der Waals surface area contributed by atoms with Crippen LogP contribution in [0.25, 0.3) is 0 Å². The van der Waals surface area contributed by atoms with Gasteiger partial charge in [-0.1, -0.05) is 36.4 Å². The average Bonchev–Trinajstić information content (AvgIpc) is 3.78. The molecule has 3 aromatic rings. The number of aromatic nitrogens is 2. The van der Waals surface area contributed by atoms with Crippen molar-refractivity contribution in [1.82, 2.24) is 15.3 Å². The van der Waals surface area contributed by atoms with E-state index in [1.807, 2.05) is 0 Å². The van der Waals surface area contributed by atoms with Gasteiger partial charge in [0, 0.05) is 75.8 Å². The first-order valence-electron chi connectivity index (χ1n) is 13.3. The lowest BCUT2D eigenvalue weighted by Gasteiger charge is -2.38. The Morgan fingerprint density at radius 3 is 1.51 bits per heavy atom. The van der Waals surface area contributed by atoms with E-state index in [9.17, 15) is 0 Å². The fraction of sp³-hybridized carbons (Fsp3) is 0.393. The van der Waals surface area contributed by atoms with Crippen molar-refractivity contribution in [3.05, 3.63) is 66.7 Å². The fourth-order valence-corrected chi connectivity index (χ4v) is 5.28. The van der Waals surface area contributed by atoms with Crippen LogP contribution in [0.5, 0.6) is 0 Å². The van der Waals surface area contributed by atoms with E-state index < -0.39 is 0 Å². The SMILES string of the molecule is S=C(Nc1nc(N2CCN(c3ccccc3)CC2)cc(N2CCN(c3ccccc3)CC2)n1)NC1CC1. The minimum absolute atomic E-state index is 0.486. The predicted molar refractivity (Wildman–Crippen MR) is 156 cm³/mol. The summed E-state index contributed by atoms with van der Waals surface area (Å²) in [6.45, 7) is 7.50. The van der Waals surface area contributed by atoms with Crippen molar-refractivity contribution in [3.8, 4) is 0 Å². The topological polar surface area (TPSA) is 62.8 Å². The van der Waals surface area contributed by atoms with Gasteiger partial charge in [0.2, 0.25) is 5.95 Å². The van der Waals surface area contributed by atoms with Crippen LogP contribution in [0, 0.1) is 0 Å². The first kappa shape index (κ1) is 23.8. The van der Waals surface area contributed by atoms with Gasteiger partial charge >= 0.3 is 0 Å². The summed E-state index contributed by atoms with van der Waals surface area (Å²) >= 11 is 5.55.